The van der Waals surface area contributed by atoms with Crippen LogP contribution in [0.3, 0.4) is 0 Å². The van der Waals surface area contributed by atoms with Crippen molar-refractivity contribution in [3.63, 3.8) is 0 Å². The Morgan fingerprint density at radius 1 is 1.38 bits per heavy atom. The molecule has 1 aromatic carbocycles. The van der Waals surface area contributed by atoms with E-state index in [1.165, 1.54) is 18.2 Å². The Balaban J connectivity index is 2.28. The lowest BCUT2D eigenvalue weighted by atomic mass is 9.74. The SMILES string of the molecule is CC1(C)CCCCC1NS(=O)(=O)c1ccc(C#N)cc1Cl. The molecule has 1 fully saturated rings. The topological polar surface area (TPSA) is 70.0 Å². The molecule has 1 N–H and O–H groups in total. The predicted octanol–water partition coefficient (Wildman–Crippen LogP) is 3.46. The molecule has 2 rings (SSSR count). The molecule has 1 aliphatic carbocycles. The van der Waals surface area contributed by atoms with Gasteiger partial charge in [0.25, 0.3) is 0 Å². The van der Waals surface area contributed by atoms with Crippen LogP contribution in [0.4, 0.5) is 0 Å². The van der Waals surface area contributed by atoms with Crippen molar-refractivity contribution in [2.75, 3.05) is 0 Å². The molecule has 0 spiro atoms. The van der Waals surface area contributed by atoms with Crippen molar-refractivity contribution in [3.05, 3.63) is 28.8 Å². The van der Waals surface area contributed by atoms with Crippen molar-refractivity contribution in [1.82, 2.24) is 4.72 Å². The third-order valence-corrected chi connectivity index (χ3v) is 6.11. The van der Waals surface area contributed by atoms with Crippen LogP contribution in [0.2, 0.25) is 5.02 Å². The van der Waals surface area contributed by atoms with E-state index in [0.717, 1.165) is 25.7 Å². The highest BCUT2D eigenvalue weighted by Gasteiger charge is 2.35. The second kappa shape index (κ2) is 5.96. The average molecular weight is 327 g/mol. The van der Waals surface area contributed by atoms with E-state index >= 15 is 0 Å². The van der Waals surface area contributed by atoms with Gasteiger partial charge < -0.3 is 0 Å². The summed E-state index contributed by atoms with van der Waals surface area (Å²) in [5.74, 6) is 0. The minimum Gasteiger partial charge on any atom is -0.207 e. The van der Waals surface area contributed by atoms with Crippen molar-refractivity contribution in [1.29, 1.82) is 5.26 Å². The summed E-state index contributed by atoms with van der Waals surface area (Å²) in [6.45, 7) is 4.17. The van der Waals surface area contributed by atoms with Gasteiger partial charge in [0, 0.05) is 6.04 Å². The molecule has 114 valence electrons. The van der Waals surface area contributed by atoms with Crippen LogP contribution in [0.15, 0.2) is 23.1 Å². The first-order chi connectivity index (χ1) is 9.76. The molecule has 0 amide bonds. The van der Waals surface area contributed by atoms with E-state index in [0.29, 0.717) is 5.56 Å². The molecule has 0 saturated heterocycles. The maximum atomic E-state index is 12.5. The van der Waals surface area contributed by atoms with E-state index in [2.05, 4.69) is 18.6 Å². The van der Waals surface area contributed by atoms with Crippen LogP contribution >= 0.6 is 11.6 Å². The van der Waals surface area contributed by atoms with Gasteiger partial charge in [-0.05, 0) is 36.5 Å². The predicted molar refractivity (Wildman–Crippen MR) is 82.5 cm³/mol. The van der Waals surface area contributed by atoms with Gasteiger partial charge in [-0.25, -0.2) is 13.1 Å². The molecule has 4 nitrogen and oxygen atoms in total. The molecule has 1 unspecified atom stereocenters. The number of nitriles is 1. The van der Waals surface area contributed by atoms with Crippen LogP contribution in [-0.2, 0) is 10.0 Å². The molecule has 0 heterocycles. The number of sulfonamides is 1. The third kappa shape index (κ3) is 3.57. The highest BCUT2D eigenvalue weighted by atomic mass is 35.5. The Hall–Kier alpha value is -1.09. The van der Waals surface area contributed by atoms with Crippen LogP contribution in [0.1, 0.15) is 45.1 Å². The maximum absolute atomic E-state index is 12.5. The Morgan fingerprint density at radius 2 is 2.10 bits per heavy atom. The molecule has 1 saturated carbocycles. The Morgan fingerprint density at radius 3 is 2.67 bits per heavy atom. The lowest BCUT2D eigenvalue weighted by Gasteiger charge is -2.38. The summed E-state index contributed by atoms with van der Waals surface area (Å²) in [5, 5.41) is 8.89. The average Bonchev–Trinajstić information content (AvgIpc) is 2.40. The quantitative estimate of drug-likeness (QED) is 0.924. The second-order valence-electron chi connectivity index (χ2n) is 6.17. The largest absolute Gasteiger partial charge is 0.242 e. The zero-order valence-electron chi connectivity index (χ0n) is 12.2. The van der Waals surface area contributed by atoms with E-state index < -0.39 is 10.0 Å². The summed E-state index contributed by atoms with van der Waals surface area (Å²) in [6, 6.07) is 6.08. The number of nitrogens with zero attached hydrogens (tertiary/aromatic N) is 1. The summed E-state index contributed by atoms with van der Waals surface area (Å²) in [6.07, 6.45) is 3.99. The van der Waals surface area contributed by atoms with Gasteiger partial charge in [-0.1, -0.05) is 38.3 Å². The van der Waals surface area contributed by atoms with E-state index in [1.807, 2.05) is 6.07 Å². The lowest BCUT2D eigenvalue weighted by Crippen LogP contribution is -2.46. The van der Waals surface area contributed by atoms with Crippen LogP contribution < -0.4 is 4.72 Å². The maximum Gasteiger partial charge on any atom is 0.242 e. The zero-order valence-corrected chi connectivity index (χ0v) is 13.8. The van der Waals surface area contributed by atoms with Gasteiger partial charge in [0.05, 0.1) is 16.7 Å². The summed E-state index contributed by atoms with van der Waals surface area (Å²) < 4.78 is 27.8. The number of halogens is 1. The Kier molecular flexibility index (Phi) is 4.62. The zero-order chi connectivity index (χ0) is 15.7. The molecular formula is C15H19ClN2O2S. The first-order valence-corrected chi connectivity index (χ1v) is 8.84. The van der Waals surface area contributed by atoms with Gasteiger partial charge in [-0.3, -0.25) is 0 Å². The van der Waals surface area contributed by atoms with E-state index in [9.17, 15) is 8.42 Å². The third-order valence-electron chi connectivity index (χ3n) is 4.16. The van der Waals surface area contributed by atoms with Gasteiger partial charge in [0.2, 0.25) is 10.0 Å². The first kappa shape index (κ1) is 16.3. The Labute approximate surface area is 131 Å². The molecule has 1 aliphatic rings. The summed E-state index contributed by atoms with van der Waals surface area (Å²) >= 11 is 6.01. The summed E-state index contributed by atoms with van der Waals surface area (Å²) in [4.78, 5) is 0.0320. The van der Waals surface area contributed by atoms with Gasteiger partial charge in [-0.2, -0.15) is 5.26 Å². The number of hydrogen-bond acceptors (Lipinski definition) is 3. The van der Waals surface area contributed by atoms with Crippen molar-refractivity contribution in [2.24, 2.45) is 5.41 Å². The van der Waals surface area contributed by atoms with Crippen molar-refractivity contribution in [3.8, 4) is 6.07 Å². The fourth-order valence-corrected chi connectivity index (χ4v) is 4.74. The summed E-state index contributed by atoms with van der Waals surface area (Å²) in [5.41, 5.74) is 0.279. The van der Waals surface area contributed by atoms with Crippen molar-refractivity contribution in [2.45, 2.75) is 50.5 Å². The molecule has 0 aromatic heterocycles. The fraction of sp³-hybridized carbons (Fsp3) is 0.533. The lowest BCUT2D eigenvalue weighted by molar-refractivity contribution is 0.188. The molecule has 6 heteroatoms. The van der Waals surface area contributed by atoms with E-state index in [1.54, 1.807) is 0 Å². The molecule has 0 radical (unpaired) electrons. The first-order valence-electron chi connectivity index (χ1n) is 6.98. The molecule has 1 aromatic rings. The van der Waals surface area contributed by atoms with Crippen LogP contribution in [0.25, 0.3) is 0 Å². The van der Waals surface area contributed by atoms with E-state index in [-0.39, 0.29) is 21.4 Å². The van der Waals surface area contributed by atoms with Crippen molar-refractivity contribution < 1.29 is 8.42 Å². The van der Waals surface area contributed by atoms with Crippen LogP contribution in [0.5, 0.6) is 0 Å². The molecule has 21 heavy (non-hydrogen) atoms. The van der Waals surface area contributed by atoms with Gasteiger partial charge in [0.1, 0.15) is 4.90 Å². The number of rotatable bonds is 3. The van der Waals surface area contributed by atoms with Gasteiger partial charge in [0.15, 0.2) is 0 Å². The van der Waals surface area contributed by atoms with E-state index in [4.69, 9.17) is 16.9 Å². The molecule has 0 bridgehead atoms. The fourth-order valence-electron chi connectivity index (χ4n) is 2.75. The highest BCUT2D eigenvalue weighted by Crippen LogP contribution is 2.36. The molecule has 0 aliphatic heterocycles. The monoisotopic (exact) mass is 326 g/mol. The molecular weight excluding hydrogens is 308 g/mol. The van der Waals surface area contributed by atoms with Gasteiger partial charge >= 0.3 is 0 Å². The summed E-state index contributed by atoms with van der Waals surface area (Å²) in [7, 11) is -3.68. The second-order valence-corrected chi connectivity index (χ2v) is 8.25. The Bertz CT molecular complexity index is 677. The van der Waals surface area contributed by atoms with Crippen LogP contribution in [0, 0.1) is 16.7 Å². The highest BCUT2D eigenvalue weighted by molar-refractivity contribution is 7.89. The van der Waals surface area contributed by atoms with Crippen molar-refractivity contribution >= 4 is 21.6 Å². The van der Waals surface area contributed by atoms with Crippen LogP contribution in [-0.4, -0.2) is 14.5 Å². The molecule has 1 atom stereocenters. The van der Waals surface area contributed by atoms with Gasteiger partial charge in [-0.15, -0.1) is 0 Å². The number of nitrogens with one attached hydrogen (secondary N) is 1. The number of hydrogen-bond donors (Lipinski definition) is 1. The number of benzene rings is 1. The minimum absolute atomic E-state index is 0.0320. The standard InChI is InChI=1S/C15H19ClN2O2S/c1-15(2)8-4-3-5-14(15)18-21(19,20)13-7-6-11(10-17)9-12(13)16/h6-7,9,14,18H,3-5,8H2,1-2H3. The smallest absolute Gasteiger partial charge is 0.207 e. The normalized spacial score (nSPS) is 21.7. The minimum atomic E-state index is -3.68.